The fourth-order valence-electron chi connectivity index (χ4n) is 0. The minimum absolute atomic E-state index is 0. The zero-order valence-electron chi connectivity index (χ0n) is 2.84. The molecule has 0 saturated carbocycles. The summed E-state index contributed by atoms with van der Waals surface area (Å²) in [6.07, 6.45) is 0. The molecule has 0 aromatic heterocycles. The summed E-state index contributed by atoms with van der Waals surface area (Å²) in [6, 6.07) is 0. The van der Waals surface area contributed by atoms with Crippen LogP contribution in [0.15, 0.2) is 0 Å². The van der Waals surface area contributed by atoms with Crippen molar-refractivity contribution < 1.29 is 81.6 Å². The zero-order chi connectivity index (χ0) is 2.71. The third-order valence-electron chi connectivity index (χ3n) is 0. The van der Waals surface area contributed by atoms with E-state index in [2.05, 4.69) is 0 Å². The molecule has 0 atom stereocenters. The predicted octanol–water partition coefficient (Wildman–Crippen LogP) is -1.07. The van der Waals surface area contributed by atoms with Crippen LogP contribution < -0.4 is 0 Å². The molecular weight excluding hydrogens is 268 g/mol. The first-order valence-corrected chi connectivity index (χ1v) is 1.68. The van der Waals surface area contributed by atoms with Gasteiger partial charge in [0.05, 0.1) is 0 Å². The molecule has 0 bridgehead atoms. The van der Waals surface area contributed by atoms with E-state index in [1.54, 1.807) is 0 Å². The Morgan fingerprint density at radius 1 is 1.14 bits per heavy atom. The first-order valence-electron chi connectivity index (χ1n) is 0.408. The summed E-state index contributed by atoms with van der Waals surface area (Å²) >= 11 is -2.00. The first-order chi connectivity index (χ1) is 1.41. The van der Waals surface area contributed by atoms with Crippen molar-refractivity contribution in [3.8, 4) is 0 Å². The maximum atomic E-state index is 8.50. The Morgan fingerprint density at radius 2 is 1.14 bits per heavy atom. The average molecular weight is 270 g/mol. The summed E-state index contributed by atoms with van der Waals surface area (Å²) in [7, 11) is 0. The molecule has 0 saturated heterocycles. The van der Waals surface area contributed by atoms with E-state index in [0.717, 1.165) is 0 Å². The van der Waals surface area contributed by atoms with E-state index in [1.165, 1.54) is 0 Å². The van der Waals surface area contributed by atoms with Crippen molar-refractivity contribution in [1.82, 2.24) is 0 Å². The van der Waals surface area contributed by atoms with Crippen molar-refractivity contribution in [2.45, 2.75) is 0 Å². The molecule has 3 nitrogen and oxygen atoms in total. The monoisotopic (exact) mass is 270 g/mol. The molecular formula is H2CoMnNiO3Ti. The normalized spacial score (nSPS) is 1.14. The van der Waals surface area contributed by atoms with Gasteiger partial charge in [-0.25, -0.2) is 0 Å². The summed E-state index contributed by atoms with van der Waals surface area (Å²) in [6.45, 7) is 0. The van der Waals surface area contributed by atoms with E-state index < -0.39 is 19.1 Å². The maximum absolute atomic E-state index is 8.50. The van der Waals surface area contributed by atoms with Gasteiger partial charge in [0.25, 0.3) is 0 Å². The Kier molecular flexibility index (Phi) is 244. The molecule has 0 rings (SSSR count). The molecule has 7 heavy (non-hydrogen) atoms. The molecule has 50 valence electrons. The summed E-state index contributed by atoms with van der Waals surface area (Å²) in [5.41, 5.74) is 0. The first kappa shape index (κ1) is 37.1. The van der Waals surface area contributed by atoms with E-state index in [9.17, 15) is 0 Å². The third kappa shape index (κ3) is 81.3. The van der Waals surface area contributed by atoms with E-state index in [-0.39, 0.29) is 55.8 Å². The van der Waals surface area contributed by atoms with Crippen molar-refractivity contribution in [2.75, 3.05) is 0 Å². The second-order valence-electron chi connectivity index (χ2n) is 0.0833. The Morgan fingerprint density at radius 3 is 1.14 bits per heavy atom. The van der Waals surface area contributed by atoms with Gasteiger partial charge in [0.1, 0.15) is 0 Å². The van der Waals surface area contributed by atoms with E-state index in [0.29, 0.717) is 0 Å². The molecule has 2 radical (unpaired) electrons. The van der Waals surface area contributed by atoms with E-state index >= 15 is 0 Å². The van der Waals surface area contributed by atoms with Crippen LogP contribution in [0.25, 0.3) is 0 Å². The van der Waals surface area contributed by atoms with Crippen molar-refractivity contribution in [3.05, 3.63) is 0 Å². The van der Waals surface area contributed by atoms with Crippen molar-refractivity contribution in [3.63, 3.8) is 0 Å². The van der Waals surface area contributed by atoms with E-state index in [1.807, 2.05) is 0 Å². The summed E-state index contributed by atoms with van der Waals surface area (Å²) in [4.78, 5) is 0. The van der Waals surface area contributed by atoms with Crippen LogP contribution in [-0.2, 0) is 76.1 Å². The van der Waals surface area contributed by atoms with Gasteiger partial charge >= 0.3 is 25.7 Å². The van der Waals surface area contributed by atoms with Gasteiger partial charge in [-0.3, -0.25) is 0 Å². The van der Waals surface area contributed by atoms with E-state index in [4.69, 9.17) is 6.65 Å². The van der Waals surface area contributed by atoms with Gasteiger partial charge in [-0.05, 0) is 0 Å². The topological polar surface area (TPSA) is 65.6 Å². The fourth-order valence-corrected chi connectivity index (χ4v) is 0. The van der Waals surface area contributed by atoms with Crippen LogP contribution in [0.5, 0.6) is 0 Å². The van der Waals surface area contributed by atoms with Gasteiger partial charge in [0, 0.05) is 50.3 Å². The van der Waals surface area contributed by atoms with Gasteiger partial charge in [-0.2, -0.15) is 0 Å². The third-order valence-corrected chi connectivity index (χ3v) is 0. The SMILES string of the molecule is O.[Co].[Mn].[Ni].[O]=[Ti]=[O]. The van der Waals surface area contributed by atoms with Crippen LogP contribution >= 0.6 is 0 Å². The standard InChI is InChI=1S/Co.Mn.Ni.H2O.2O.Ti/h;;;1H2;;;. The van der Waals surface area contributed by atoms with Crippen molar-refractivity contribution in [1.29, 1.82) is 0 Å². The van der Waals surface area contributed by atoms with Crippen LogP contribution in [0, 0.1) is 0 Å². The van der Waals surface area contributed by atoms with Crippen LogP contribution in [0.1, 0.15) is 0 Å². The molecule has 2 N–H and O–H groups in total. The minimum atomic E-state index is -2.00. The Bertz CT molecular complexity index is 35.9. The van der Waals surface area contributed by atoms with Crippen LogP contribution in [0.4, 0.5) is 0 Å². The molecule has 0 spiro atoms. The molecule has 0 aliphatic rings. The molecule has 0 heterocycles. The van der Waals surface area contributed by atoms with Gasteiger partial charge in [0.15, 0.2) is 0 Å². The molecule has 0 aliphatic carbocycles. The van der Waals surface area contributed by atoms with Crippen molar-refractivity contribution in [2.24, 2.45) is 0 Å². The quantitative estimate of drug-likeness (QED) is 0.526. The second-order valence-corrected chi connectivity index (χ2v) is 0.344. The summed E-state index contributed by atoms with van der Waals surface area (Å²) in [5, 5.41) is 0. The van der Waals surface area contributed by atoms with Gasteiger partial charge in [-0.1, -0.05) is 0 Å². The van der Waals surface area contributed by atoms with Crippen molar-refractivity contribution >= 4 is 0 Å². The predicted molar refractivity (Wildman–Crippen MR) is 4.99 cm³/mol. The van der Waals surface area contributed by atoms with Gasteiger partial charge in [0.2, 0.25) is 0 Å². The molecule has 0 fully saturated rings. The molecule has 0 aromatic carbocycles. The number of hydrogen-bond donors (Lipinski definition) is 0. The van der Waals surface area contributed by atoms with Crippen LogP contribution in [-0.4, -0.2) is 5.48 Å². The fraction of sp³-hybridized carbons (Fsp3) is 0. The molecule has 0 aliphatic heterocycles. The van der Waals surface area contributed by atoms with Crippen LogP contribution in [0.2, 0.25) is 0 Å². The zero-order valence-corrected chi connectivity index (χ0v) is 7.61. The van der Waals surface area contributed by atoms with Gasteiger partial charge in [-0.15, -0.1) is 0 Å². The number of hydrogen-bond acceptors (Lipinski definition) is 2. The molecule has 0 amide bonds. The van der Waals surface area contributed by atoms with Gasteiger partial charge < -0.3 is 5.48 Å². The Labute approximate surface area is 80.8 Å². The molecule has 0 unspecified atom stereocenters. The summed E-state index contributed by atoms with van der Waals surface area (Å²) < 4.78 is 17.0. The number of rotatable bonds is 0. The summed E-state index contributed by atoms with van der Waals surface area (Å²) in [5.74, 6) is 0. The Hall–Kier alpha value is 1.79. The second kappa shape index (κ2) is 46.1. The molecule has 7 heteroatoms. The van der Waals surface area contributed by atoms with Crippen LogP contribution in [0.3, 0.4) is 0 Å². The average Bonchev–Trinajstić information content (AvgIpc) is 0.918. The molecule has 0 aromatic rings. The Balaban J connectivity index is -0.00000000333.